The van der Waals surface area contributed by atoms with E-state index in [2.05, 4.69) is 20.3 Å². The first-order valence-electron chi connectivity index (χ1n) is 5.47. The van der Waals surface area contributed by atoms with Crippen LogP contribution in [0.2, 0.25) is 0 Å². The molecule has 0 aliphatic carbocycles. The Morgan fingerprint density at radius 3 is 2.76 bits per heavy atom. The van der Waals surface area contributed by atoms with Crippen LogP contribution >= 0.6 is 0 Å². The fraction of sp³-hybridized carbons (Fsp3) is 0.417. The standard InChI is InChI=1S/C12H16N4O/c1-12(2,17-3)8-15-10-5-4-9-11(16-10)14-7-6-13-9/h4-7H,8H2,1-3H3,(H,14,15,16). The highest BCUT2D eigenvalue weighted by atomic mass is 16.5. The van der Waals surface area contributed by atoms with Gasteiger partial charge in [-0.2, -0.15) is 0 Å². The van der Waals surface area contributed by atoms with Crippen LogP contribution in [0.3, 0.4) is 0 Å². The molecular weight excluding hydrogens is 216 g/mol. The predicted octanol–water partition coefficient (Wildman–Crippen LogP) is 1.86. The van der Waals surface area contributed by atoms with Crippen LogP contribution in [0.1, 0.15) is 13.8 Å². The monoisotopic (exact) mass is 232 g/mol. The van der Waals surface area contributed by atoms with Crippen LogP contribution in [0.4, 0.5) is 5.82 Å². The van der Waals surface area contributed by atoms with Gasteiger partial charge in [0, 0.05) is 26.0 Å². The van der Waals surface area contributed by atoms with Crippen LogP contribution in [-0.4, -0.2) is 34.2 Å². The Morgan fingerprint density at radius 2 is 2.00 bits per heavy atom. The average Bonchev–Trinajstić information content (AvgIpc) is 2.36. The SMILES string of the molecule is COC(C)(C)CNc1ccc2nccnc2n1. The molecule has 0 unspecified atom stereocenters. The molecule has 0 aliphatic heterocycles. The second-order valence-corrected chi connectivity index (χ2v) is 4.41. The number of anilines is 1. The Morgan fingerprint density at radius 1 is 1.24 bits per heavy atom. The minimum absolute atomic E-state index is 0.223. The highest BCUT2D eigenvalue weighted by Crippen LogP contribution is 2.12. The Bertz CT molecular complexity index is 513. The average molecular weight is 232 g/mol. The van der Waals surface area contributed by atoms with E-state index >= 15 is 0 Å². The Labute approximate surface area is 100 Å². The minimum Gasteiger partial charge on any atom is -0.377 e. The molecule has 2 aromatic heterocycles. The summed E-state index contributed by atoms with van der Waals surface area (Å²) in [6, 6.07) is 3.79. The summed E-state index contributed by atoms with van der Waals surface area (Å²) >= 11 is 0. The van der Waals surface area contributed by atoms with E-state index in [9.17, 15) is 0 Å². The summed E-state index contributed by atoms with van der Waals surface area (Å²) in [5, 5.41) is 3.22. The number of rotatable bonds is 4. The van der Waals surface area contributed by atoms with Crippen LogP contribution in [0.5, 0.6) is 0 Å². The fourth-order valence-electron chi connectivity index (χ4n) is 1.33. The van der Waals surface area contributed by atoms with E-state index in [0.29, 0.717) is 12.2 Å². The molecule has 0 atom stereocenters. The first-order chi connectivity index (χ1) is 8.11. The third-order valence-corrected chi connectivity index (χ3v) is 2.58. The number of methoxy groups -OCH3 is 1. The second-order valence-electron chi connectivity index (χ2n) is 4.41. The number of hydrogen-bond donors (Lipinski definition) is 1. The smallest absolute Gasteiger partial charge is 0.180 e. The number of pyridine rings is 1. The lowest BCUT2D eigenvalue weighted by atomic mass is 10.1. The lowest BCUT2D eigenvalue weighted by Crippen LogP contribution is -2.32. The zero-order valence-corrected chi connectivity index (χ0v) is 10.3. The van der Waals surface area contributed by atoms with Gasteiger partial charge in [0.05, 0.1) is 5.60 Å². The molecule has 0 spiro atoms. The molecule has 2 rings (SSSR count). The number of ether oxygens (including phenoxy) is 1. The zero-order valence-electron chi connectivity index (χ0n) is 10.3. The van der Waals surface area contributed by atoms with E-state index in [0.717, 1.165) is 11.3 Å². The highest BCUT2D eigenvalue weighted by Gasteiger charge is 2.15. The summed E-state index contributed by atoms with van der Waals surface area (Å²) in [6.45, 7) is 4.71. The van der Waals surface area contributed by atoms with Crippen molar-refractivity contribution in [1.82, 2.24) is 15.0 Å². The zero-order chi connectivity index (χ0) is 12.3. The van der Waals surface area contributed by atoms with Crippen LogP contribution in [0.15, 0.2) is 24.5 Å². The molecule has 17 heavy (non-hydrogen) atoms. The lowest BCUT2D eigenvalue weighted by Gasteiger charge is -2.23. The van der Waals surface area contributed by atoms with Crippen molar-refractivity contribution < 1.29 is 4.74 Å². The molecule has 0 aliphatic rings. The maximum absolute atomic E-state index is 5.33. The van der Waals surface area contributed by atoms with Gasteiger partial charge >= 0.3 is 0 Å². The minimum atomic E-state index is -0.223. The largest absolute Gasteiger partial charge is 0.377 e. The van der Waals surface area contributed by atoms with Gasteiger partial charge in [0.15, 0.2) is 5.65 Å². The number of nitrogens with one attached hydrogen (secondary N) is 1. The Balaban J connectivity index is 2.14. The molecule has 5 heteroatoms. The molecule has 0 aromatic carbocycles. The van der Waals surface area contributed by atoms with Crippen molar-refractivity contribution >= 4 is 17.0 Å². The third-order valence-electron chi connectivity index (χ3n) is 2.58. The van der Waals surface area contributed by atoms with Gasteiger partial charge in [-0.25, -0.2) is 9.97 Å². The van der Waals surface area contributed by atoms with E-state index in [1.807, 2.05) is 26.0 Å². The summed E-state index contributed by atoms with van der Waals surface area (Å²) in [5.41, 5.74) is 1.22. The molecule has 90 valence electrons. The molecular formula is C12H16N4O. The topological polar surface area (TPSA) is 59.9 Å². The first-order valence-corrected chi connectivity index (χ1v) is 5.47. The van der Waals surface area contributed by atoms with Crippen molar-refractivity contribution in [1.29, 1.82) is 0 Å². The van der Waals surface area contributed by atoms with Gasteiger partial charge < -0.3 is 10.1 Å². The summed E-state index contributed by atoms with van der Waals surface area (Å²) in [5.74, 6) is 0.781. The molecule has 2 aromatic rings. The van der Waals surface area contributed by atoms with Crippen LogP contribution < -0.4 is 5.32 Å². The van der Waals surface area contributed by atoms with Gasteiger partial charge in [-0.15, -0.1) is 0 Å². The predicted molar refractivity (Wildman–Crippen MR) is 66.9 cm³/mol. The number of fused-ring (bicyclic) bond motifs is 1. The third kappa shape index (κ3) is 2.88. The molecule has 0 saturated heterocycles. The quantitative estimate of drug-likeness (QED) is 0.871. The summed E-state index contributed by atoms with van der Waals surface area (Å²) in [7, 11) is 1.70. The van der Waals surface area contributed by atoms with Crippen LogP contribution in [-0.2, 0) is 4.74 Å². The summed E-state index contributed by atoms with van der Waals surface area (Å²) in [4.78, 5) is 12.7. The van der Waals surface area contributed by atoms with E-state index < -0.39 is 0 Å². The Kier molecular flexibility index (Phi) is 3.19. The molecule has 1 N–H and O–H groups in total. The fourth-order valence-corrected chi connectivity index (χ4v) is 1.33. The van der Waals surface area contributed by atoms with Gasteiger partial charge in [0.1, 0.15) is 11.3 Å². The molecule has 0 saturated carbocycles. The first kappa shape index (κ1) is 11.7. The second kappa shape index (κ2) is 4.63. The van der Waals surface area contributed by atoms with Gasteiger partial charge in [-0.05, 0) is 26.0 Å². The lowest BCUT2D eigenvalue weighted by molar-refractivity contribution is 0.0343. The molecule has 0 radical (unpaired) electrons. The van der Waals surface area contributed by atoms with Crippen molar-refractivity contribution in [2.75, 3.05) is 19.0 Å². The van der Waals surface area contributed by atoms with Crippen molar-refractivity contribution in [3.8, 4) is 0 Å². The van der Waals surface area contributed by atoms with E-state index in [1.54, 1.807) is 19.5 Å². The van der Waals surface area contributed by atoms with E-state index in [1.165, 1.54) is 0 Å². The van der Waals surface area contributed by atoms with E-state index in [4.69, 9.17) is 4.74 Å². The van der Waals surface area contributed by atoms with Gasteiger partial charge in [-0.3, -0.25) is 4.98 Å². The van der Waals surface area contributed by atoms with Crippen molar-refractivity contribution in [2.45, 2.75) is 19.4 Å². The van der Waals surface area contributed by atoms with E-state index in [-0.39, 0.29) is 5.60 Å². The summed E-state index contributed by atoms with van der Waals surface area (Å²) in [6.07, 6.45) is 3.29. The van der Waals surface area contributed by atoms with Crippen molar-refractivity contribution in [3.05, 3.63) is 24.5 Å². The Hall–Kier alpha value is -1.75. The highest BCUT2D eigenvalue weighted by molar-refractivity contribution is 5.71. The molecule has 2 heterocycles. The van der Waals surface area contributed by atoms with Crippen molar-refractivity contribution in [2.24, 2.45) is 0 Å². The molecule has 5 nitrogen and oxygen atoms in total. The van der Waals surface area contributed by atoms with Crippen LogP contribution in [0.25, 0.3) is 11.2 Å². The molecule has 0 fully saturated rings. The maximum Gasteiger partial charge on any atom is 0.180 e. The summed E-state index contributed by atoms with van der Waals surface area (Å²) < 4.78 is 5.33. The van der Waals surface area contributed by atoms with Gasteiger partial charge in [0.25, 0.3) is 0 Å². The van der Waals surface area contributed by atoms with Gasteiger partial charge in [-0.1, -0.05) is 0 Å². The normalized spacial score (nSPS) is 11.7. The van der Waals surface area contributed by atoms with Gasteiger partial charge in [0.2, 0.25) is 0 Å². The number of aromatic nitrogens is 3. The number of hydrogen-bond acceptors (Lipinski definition) is 5. The maximum atomic E-state index is 5.33. The molecule has 0 amide bonds. The van der Waals surface area contributed by atoms with Crippen molar-refractivity contribution in [3.63, 3.8) is 0 Å². The number of nitrogens with zero attached hydrogens (tertiary/aromatic N) is 3. The van der Waals surface area contributed by atoms with Crippen LogP contribution in [0, 0.1) is 0 Å². The molecule has 0 bridgehead atoms.